The van der Waals surface area contributed by atoms with Crippen molar-refractivity contribution < 1.29 is 76.3 Å². The Kier molecular flexibility index (Phi) is 20.3. The van der Waals surface area contributed by atoms with Crippen molar-refractivity contribution in [3.63, 3.8) is 0 Å². The van der Waals surface area contributed by atoms with Gasteiger partial charge in [0.25, 0.3) is 0 Å². The van der Waals surface area contributed by atoms with Crippen LogP contribution in [0.3, 0.4) is 0 Å². The summed E-state index contributed by atoms with van der Waals surface area (Å²) in [6.45, 7) is 25.1. The van der Waals surface area contributed by atoms with Gasteiger partial charge in [0, 0.05) is 33.4 Å². The van der Waals surface area contributed by atoms with Crippen molar-refractivity contribution in [2.75, 3.05) is 52.9 Å². The molecule has 0 aromatic carbocycles. The summed E-state index contributed by atoms with van der Waals surface area (Å²) in [5.74, 6) is -8.78. The fourth-order valence-corrected chi connectivity index (χ4v) is 4.91. The third kappa shape index (κ3) is 16.7. The Balaban J connectivity index is 3.47. The van der Waals surface area contributed by atoms with Gasteiger partial charge in [0.2, 0.25) is 0 Å². The monoisotopic (exact) mass is 816 g/mol. The smallest absolute Gasteiger partial charge is 0.333 e. The lowest BCUT2D eigenvalue weighted by molar-refractivity contribution is -0.179. The van der Waals surface area contributed by atoms with Crippen molar-refractivity contribution in [3.8, 4) is 0 Å². The summed E-state index contributed by atoms with van der Waals surface area (Å²) in [6, 6.07) is 0. The van der Waals surface area contributed by atoms with Gasteiger partial charge in [-0.3, -0.25) is 9.59 Å². The topological polar surface area (TPSA) is 210 Å². The van der Waals surface area contributed by atoms with Crippen LogP contribution >= 0.6 is 0 Å². The molecule has 0 amide bonds. The molecule has 0 radical (unpaired) electrons. The minimum absolute atomic E-state index is 0.0354. The maximum Gasteiger partial charge on any atom is 0.333 e. The fourth-order valence-electron chi connectivity index (χ4n) is 4.91. The Morgan fingerprint density at radius 2 is 0.534 bits per heavy atom. The van der Waals surface area contributed by atoms with E-state index in [4.69, 9.17) is 37.9 Å². The summed E-state index contributed by atoms with van der Waals surface area (Å²) >= 11 is 0. The first kappa shape index (κ1) is 50.2. The normalized spacial score (nSPS) is 14.9. The lowest BCUT2D eigenvalue weighted by Crippen LogP contribution is -2.46. The van der Waals surface area contributed by atoms with Crippen LogP contribution in [-0.4, -0.2) is 101 Å². The summed E-state index contributed by atoms with van der Waals surface area (Å²) in [6.07, 6.45) is 1.45. The van der Waals surface area contributed by atoms with Crippen LogP contribution in [0, 0.1) is 22.7 Å². The summed E-state index contributed by atoms with van der Waals surface area (Å²) < 4.78 is 43.6. The molecule has 1 aliphatic rings. The first-order chi connectivity index (χ1) is 27.0. The van der Waals surface area contributed by atoms with E-state index < -0.39 is 123 Å². The number of rotatable bonds is 24. The van der Waals surface area contributed by atoms with Gasteiger partial charge in [-0.25, -0.2) is 28.8 Å². The van der Waals surface area contributed by atoms with E-state index in [1.807, 2.05) is 0 Å². The van der Waals surface area contributed by atoms with Crippen molar-refractivity contribution in [2.24, 2.45) is 22.7 Å². The minimum Gasteiger partial charge on any atom is -0.464 e. The maximum atomic E-state index is 13.8. The van der Waals surface area contributed by atoms with Gasteiger partial charge in [-0.2, -0.15) is 0 Å². The van der Waals surface area contributed by atoms with E-state index in [-0.39, 0.29) is 46.3 Å². The molecule has 0 aromatic rings. The SMILES string of the molecule is C=C(C)C(=O)OCC(COC(=O)C(=C)C)(COC(=O)C(=C)C)COC(=O)C1CCCCC1C(=O)OCC(COC(=O)C(=C)C)(COC(=O)C(=C)C)COC(=O)C(=C)C. The molecule has 320 valence electrons. The van der Waals surface area contributed by atoms with Gasteiger partial charge in [0.1, 0.15) is 63.7 Å². The molecule has 0 bridgehead atoms. The van der Waals surface area contributed by atoms with Crippen LogP contribution in [0.5, 0.6) is 0 Å². The van der Waals surface area contributed by atoms with Gasteiger partial charge in [0.15, 0.2) is 0 Å². The third-order valence-electron chi connectivity index (χ3n) is 8.56. The second-order valence-electron chi connectivity index (χ2n) is 14.9. The lowest BCUT2D eigenvalue weighted by atomic mass is 9.79. The standard InChI is InChI=1S/C42H56O16/c1-25(2)33(43)51-17-41(18-52-34(44)26(3)4,19-53-35(45)27(5)6)23-57-39(49)31-15-13-14-16-32(31)40(50)58-24-42(20-54-36(46)28(7)8,21-55-37(47)29(9)10)22-56-38(48)30(11)12/h31-32H,1,3,5,7,9,11,13-24H2,2,4,6,8,10,12H3. The Bertz CT molecular complexity index is 1410. The first-order valence-corrected chi connectivity index (χ1v) is 18.3. The molecule has 2 unspecified atom stereocenters. The average molecular weight is 817 g/mol. The predicted octanol–water partition coefficient (Wildman–Crippen LogP) is 4.57. The minimum atomic E-state index is -1.63. The number of ether oxygens (including phenoxy) is 8. The number of hydrogen-bond acceptors (Lipinski definition) is 16. The highest BCUT2D eigenvalue weighted by molar-refractivity contribution is 5.89. The quantitative estimate of drug-likeness (QED) is 0.0742. The van der Waals surface area contributed by atoms with Crippen molar-refractivity contribution in [1.29, 1.82) is 0 Å². The molecule has 0 heterocycles. The second-order valence-corrected chi connectivity index (χ2v) is 14.9. The molecule has 0 saturated heterocycles. The molecule has 2 atom stereocenters. The van der Waals surface area contributed by atoms with E-state index in [2.05, 4.69) is 39.5 Å². The molecular formula is C42H56O16. The Morgan fingerprint density at radius 3 is 0.707 bits per heavy atom. The summed E-state index contributed by atoms with van der Waals surface area (Å²) in [4.78, 5) is 102. The zero-order valence-corrected chi connectivity index (χ0v) is 34.4. The lowest BCUT2D eigenvalue weighted by Gasteiger charge is -2.34. The highest BCUT2D eigenvalue weighted by Crippen LogP contribution is 2.34. The molecule has 58 heavy (non-hydrogen) atoms. The van der Waals surface area contributed by atoms with Crippen molar-refractivity contribution in [2.45, 2.75) is 67.2 Å². The van der Waals surface area contributed by atoms with Crippen LogP contribution < -0.4 is 0 Å². The molecule has 0 aromatic heterocycles. The van der Waals surface area contributed by atoms with Crippen molar-refractivity contribution in [3.05, 3.63) is 72.9 Å². The third-order valence-corrected chi connectivity index (χ3v) is 8.56. The van der Waals surface area contributed by atoms with Crippen LogP contribution in [0.15, 0.2) is 72.9 Å². The predicted molar refractivity (Wildman–Crippen MR) is 207 cm³/mol. The van der Waals surface area contributed by atoms with E-state index in [0.29, 0.717) is 12.8 Å². The van der Waals surface area contributed by atoms with Gasteiger partial charge in [-0.1, -0.05) is 52.3 Å². The van der Waals surface area contributed by atoms with Crippen LogP contribution in [0.2, 0.25) is 0 Å². The van der Waals surface area contributed by atoms with E-state index in [9.17, 15) is 38.4 Å². The van der Waals surface area contributed by atoms with Gasteiger partial charge in [-0.15, -0.1) is 0 Å². The molecule has 1 rings (SSSR count). The first-order valence-electron chi connectivity index (χ1n) is 18.3. The van der Waals surface area contributed by atoms with E-state index >= 15 is 0 Å². The Morgan fingerprint density at radius 1 is 0.362 bits per heavy atom. The fraction of sp³-hybridized carbons (Fsp3) is 0.524. The number of carbonyl (C=O) groups is 8. The molecular weight excluding hydrogens is 760 g/mol. The molecule has 0 aliphatic heterocycles. The molecule has 16 heteroatoms. The summed E-state index contributed by atoms with van der Waals surface area (Å²) in [5, 5.41) is 0. The van der Waals surface area contributed by atoms with Crippen LogP contribution in [0.4, 0.5) is 0 Å². The number of hydrogen-bond donors (Lipinski definition) is 0. The summed E-state index contributed by atoms with van der Waals surface area (Å²) in [7, 11) is 0. The highest BCUT2D eigenvalue weighted by Gasteiger charge is 2.44. The molecule has 1 saturated carbocycles. The van der Waals surface area contributed by atoms with Gasteiger partial charge < -0.3 is 37.9 Å². The van der Waals surface area contributed by atoms with E-state index in [1.165, 1.54) is 41.5 Å². The zero-order chi connectivity index (χ0) is 44.4. The maximum absolute atomic E-state index is 13.8. The van der Waals surface area contributed by atoms with E-state index in [0.717, 1.165) is 0 Å². The van der Waals surface area contributed by atoms with E-state index in [1.54, 1.807) is 0 Å². The Labute approximate surface area is 339 Å². The molecule has 16 nitrogen and oxygen atoms in total. The molecule has 0 N–H and O–H groups in total. The number of carbonyl (C=O) groups excluding carboxylic acids is 8. The van der Waals surface area contributed by atoms with Crippen LogP contribution in [-0.2, 0) is 76.3 Å². The Hall–Kier alpha value is -5.80. The zero-order valence-electron chi connectivity index (χ0n) is 34.4. The van der Waals surface area contributed by atoms with Crippen LogP contribution in [0.1, 0.15) is 67.2 Å². The van der Waals surface area contributed by atoms with Gasteiger partial charge in [0.05, 0.1) is 11.8 Å². The summed E-state index contributed by atoms with van der Waals surface area (Å²) in [5.41, 5.74) is -3.06. The molecule has 0 spiro atoms. The van der Waals surface area contributed by atoms with Crippen molar-refractivity contribution in [1.82, 2.24) is 0 Å². The van der Waals surface area contributed by atoms with Crippen molar-refractivity contribution >= 4 is 47.8 Å². The van der Waals surface area contributed by atoms with Crippen LogP contribution in [0.25, 0.3) is 0 Å². The second kappa shape index (κ2) is 23.4. The largest absolute Gasteiger partial charge is 0.464 e. The van der Waals surface area contributed by atoms with Gasteiger partial charge >= 0.3 is 47.8 Å². The van der Waals surface area contributed by atoms with Gasteiger partial charge in [-0.05, 0) is 54.4 Å². The highest BCUT2D eigenvalue weighted by atomic mass is 16.6. The molecule has 1 aliphatic carbocycles. The molecule has 1 fully saturated rings. The number of esters is 8. The average Bonchev–Trinajstić information content (AvgIpc) is 3.18.